The van der Waals surface area contributed by atoms with E-state index in [4.69, 9.17) is 12.2 Å². The third kappa shape index (κ3) is 2.75. The first kappa shape index (κ1) is 14.0. The third-order valence-corrected chi connectivity index (χ3v) is 5.34. The van der Waals surface area contributed by atoms with Crippen LogP contribution in [0.2, 0.25) is 0 Å². The summed E-state index contributed by atoms with van der Waals surface area (Å²) in [6, 6.07) is 0. The van der Waals surface area contributed by atoms with Gasteiger partial charge in [-0.25, -0.2) is 0 Å². The van der Waals surface area contributed by atoms with Gasteiger partial charge in [-0.05, 0) is 26.0 Å². The molecule has 18 heavy (non-hydrogen) atoms. The molecule has 2 fully saturated rings. The summed E-state index contributed by atoms with van der Waals surface area (Å²) in [5, 5.41) is 1.25. The maximum Gasteiger partial charge on any atom is 0.266 e. The van der Waals surface area contributed by atoms with Crippen LogP contribution >= 0.6 is 35.7 Å². The highest BCUT2D eigenvalue weighted by Gasteiger charge is 2.30. The zero-order chi connectivity index (χ0) is 13.1. The van der Waals surface area contributed by atoms with Gasteiger partial charge in [-0.3, -0.25) is 9.69 Å². The van der Waals surface area contributed by atoms with Crippen LogP contribution in [0.4, 0.5) is 0 Å². The lowest BCUT2D eigenvalue weighted by Crippen LogP contribution is -2.27. The van der Waals surface area contributed by atoms with E-state index in [1.807, 2.05) is 30.8 Å². The van der Waals surface area contributed by atoms with Gasteiger partial charge in [0.15, 0.2) is 0 Å². The average Bonchev–Trinajstić information content (AvgIpc) is 2.91. The van der Waals surface area contributed by atoms with Crippen molar-refractivity contribution < 1.29 is 4.79 Å². The van der Waals surface area contributed by atoms with E-state index in [0.717, 1.165) is 23.7 Å². The largest absolute Gasteiger partial charge is 0.366 e. The lowest BCUT2D eigenvalue weighted by Gasteiger charge is -2.15. The van der Waals surface area contributed by atoms with Crippen molar-refractivity contribution in [2.24, 2.45) is 0 Å². The first-order chi connectivity index (χ1) is 8.67. The van der Waals surface area contributed by atoms with Crippen LogP contribution < -0.4 is 0 Å². The van der Waals surface area contributed by atoms with Crippen LogP contribution in [0.25, 0.3) is 0 Å². The summed E-state index contributed by atoms with van der Waals surface area (Å²) < 4.78 is 0.665. The van der Waals surface area contributed by atoms with Crippen LogP contribution in [-0.4, -0.2) is 45.4 Å². The van der Waals surface area contributed by atoms with Crippen molar-refractivity contribution in [1.82, 2.24) is 9.80 Å². The number of nitrogens with zero attached hydrogens (tertiary/aromatic N) is 2. The van der Waals surface area contributed by atoms with Gasteiger partial charge in [0.2, 0.25) is 0 Å². The lowest BCUT2D eigenvalue weighted by atomic mass is 10.4. The Balaban J connectivity index is 2.13. The van der Waals surface area contributed by atoms with E-state index in [9.17, 15) is 4.79 Å². The minimum absolute atomic E-state index is 0.0374. The van der Waals surface area contributed by atoms with E-state index < -0.39 is 0 Å². The Labute approximate surface area is 122 Å². The molecule has 2 rings (SSSR count). The van der Waals surface area contributed by atoms with E-state index in [-0.39, 0.29) is 5.91 Å². The van der Waals surface area contributed by atoms with E-state index in [0.29, 0.717) is 10.9 Å². The minimum Gasteiger partial charge on any atom is -0.366 e. The molecule has 98 valence electrons. The second-order valence-corrected chi connectivity index (χ2v) is 6.67. The Bertz CT molecular complexity index is 431. The fourth-order valence-electron chi connectivity index (χ4n) is 1.86. The van der Waals surface area contributed by atoms with Gasteiger partial charge in [0.05, 0.1) is 9.93 Å². The van der Waals surface area contributed by atoms with Crippen molar-refractivity contribution in [3.05, 3.63) is 22.1 Å². The maximum absolute atomic E-state index is 12.0. The first-order valence-corrected chi connectivity index (χ1v) is 8.21. The SMILES string of the molecule is CCN1C(=O)/C(=C/C=C2/SCCN2CC)SC1=S. The van der Waals surface area contributed by atoms with Gasteiger partial charge in [-0.1, -0.05) is 24.0 Å². The predicted molar refractivity (Wildman–Crippen MR) is 83.4 cm³/mol. The molecule has 2 aliphatic rings. The number of thioether (sulfide) groups is 2. The van der Waals surface area contributed by atoms with E-state index >= 15 is 0 Å². The van der Waals surface area contributed by atoms with Crippen molar-refractivity contribution in [2.45, 2.75) is 13.8 Å². The Morgan fingerprint density at radius 3 is 2.72 bits per heavy atom. The molecule has 3 nitrogen and oxygen atoms in total. The van der Waals surface area contributed by atoms with Gasteiger partial charge in [-0.15, -0.1) is 11.8 Å². The maximum atomic E-state index is 12.0. The zero-order valence-electron chi connectivity index (χ0n) is 10.5. The van der Waals surface area contributed by atoms with Crippen molar-refractivity contribution in [2.75, 3.05) is 25.4 Å². The van der Waals surface area contributed by atoms with Gasteiger partial charge in [0, 0.05) is 25.4 Å². The van der Waals surface area contributed by atoms with Crippen molar-refractivity contribution >= 4 is 46.0 Å². The molecule has 1 amide bonds. The first-order valence-electron chi connectivity index (χ1n) is 6.00. The number of amides is 1. The molecule has 0 aromatic rings. The highest BCUT2D eigenvalue weighted by Crippen LogP contribution is 2.32. The monoisotopic (exact) mass is 300 g/mol. The lowest BCUT2D eigenvalue weighted by molar-refractivity contribution is -0.122. The normalized spacial score (nSPS) is 25.0. The molecule has 0 atom stereocenters. The van der Waals surface area contributed by atoms with E-state index in [1.54, 1.807) is 4.90 Å². The molecular weight excluding hydrogens is 284 g/mol. The zero-order valence-corrected chi connectivity index (χ0v) is 13.0. The Kier molecular flexibility index (Phi) is 4.75. The number of rotatable bonds is 3. The summed E-state index contributed by atoms with van der Waals surface area (Å²) in [6.45, 7) is 6.85. The highest BCUT2D eigenvalue weighted by molar-refractivity contribution is 8.26. The third-order valence-electron chi connectivity index (χ3n) is 2.87. The number of carbonyl (C=O) groups is 1. The smallest absolute Gasteiger partial charge is 0.266 e. The number of hydrogen-bond donors (Lipinski definition) is 0. The van der Waals surface area contributed by atoms with Crippen LogP contribution in [0, 0.1) is 0 Å². The number of carbonyl (C=O) groups excluding carboxylic acids is 1. The summed E-state index contributed by atoms with van der Waals surface area (Å²) in [7, 11) is 0. The van der Waals surface area contributed by atoms with Crippen LogP contribution in [0.1, 0.15) is 13.8 Å². The fraction of sp³-hybridized carbons (Fsp3) is 0.500. The Hall–Kier alpha value is -0.460. The molecule has 0 radical (unpaired) electrons. The van der Waals surface area contributed by atoms with Crippen molar-refractivity contribution in [3.8, 4) is 0 Å². The summed E-state index contributed by atoms with van der Waals surface area (Å²) in [5.41, 5.74) is 0. The second kappa shape index (κ2) is 6.12. The Morgan fingerprint density at radius 2 is 2.11 bits per heavy atom. The second-order valence-electron chi connectivity index (χ2n) is 3.88. The average molecular weight is 300 g/mol. The van der Waals surface area contributed by atoms with Crippen LogP contribution in [-0.2, 0) is 4.79 Å². The molecule has 0 saturated carbocycles. The van der Waals surface area contributed by atoms with Gasteiger partial charge in [0.1, 0.15) is 4.32 Å². The molecule has 2 aliphatic heterocycles. The molecule has 2 saturated heterocycles. The molecule has 0 N–H and O–H groups in total. The standard InChI is InChI=1S/C12H16N2OS3/c1-3-13-7-8-17-10(13)6-5-9-11(15)14(4-2)12(16)18-9/h5-6H,3-4,7-8H2,1-2H3/b9-5-,10-6+. The molecule has 0 unspecified atom stereocenters. The summed E-state index contributed by atoms with van der Waals surface area (Å²) in [4.78, 5) is 16.7. The Morgan fingerprint density at radius 1 is 1.33 bits per heavy atom. The van der Waals surface area contributed by atoms with Crippen LogP contribution in [0.5, 0.6) is 0 Å². The summed E-state index contributed by atoms with van der Waals surface area (Å²) in [6.07, 6.45) is 3.95. The van der Waals surface area contributed by atoms with Crippen LogP contribution in [0.15, 0.2) is 22.1 Å². The van der Waals surface area contributed by atoms with Gasteiger partial charge in [0.25, 0.3) is 5.91 Å². The van der Waals surface area contributed by atoms with Gasteiger partial charge in [-0.2, -0.15) is 0 Å². The molecule has 0 bridgehead atoms. The quantitative estimate of drug-likeness (QED) is 0.589. The number of likely N-dealkylation sites (N-methyl/N-ethyl adjacent to an activating group) is 1. The van der Waals surface area contributed by atoms with E-state index in [2.05, 4.69) is 11.8 Å². The number of thiocarbonyl (C=S) groups is 1. The molecule has 6 heteroatoms. The molecule has 2 heterocycles. The number of allylic oxidation sites excluding steroid dienone is 2. The van der Waals surface area contributed by atoms with E-state index in [1.165, 1.54) is 16.8 Å². The van der Waals surface area contributed by atoms with Crippen molar-refractivity contribution in [3.63, 3.8) is 0 Å². The minimum atomic E-state index is 0.0374. The summed E-state index contributed by atoms with van der Waals surface area (Å²) in [5.74, 6) is 1.17. The fourth-order valence-corrected chi connectivity index (χ4v) is 4.28. The van der Waals surface area contributed by atoms with Gasteiger partial charge < -0.3 is 4.90 Å². The summed E-state index contributed by atoms with van der Waals surface area (Å²) >= 11 is 8.42. The van der Waals surface area contributed by atoms with Crippen LogP contribution in [0.3, 0.4) is 0 Å². The topological polar surface area (TPSA) is 23.6 Å². The molecule has 0 aliphatic carbocycles. The van der Waals surface area contributed by atoms with Gasteiger partial charge >= 0.3 is 0 Å². The highest BCUT2D eigenvalue weighted by atomic mass is 32.2. The van der Waals surface area contributed by atoms with Crippen molar-refractivity contribution in [1.29, 1.82) is 0 Å². The number of hydrogen-bond acceptors (Lipinski definition) is 5. The molecular formula is C12H16N2OS3. The molecule has 0 aromatic carbocycles. The molecule has 0 aromatic heterocycles. The molecule has 0 spiro atoms. The predicted octanol–water partition coefficient (Wildman–Crippen LogP) is 2.66.